The Morgan fingerprint density at radius 2 is 2.22 bits per heavy atom. The maximum Gasteiger partial charge on any atom is 0.222 e. The Morgan fingerprint density at radius 1 is 1.35 bits per heavy atom. The fourth-order valence-electron chi connectivity index (χ4n) is 3.27. The average Bonchev–Trinajstić information content (AvgIpc) is 3.07. The smallest absolute Gasteiger partial charge is 0.222 e. The largest absolute Gasteiger partial charge is 0.342 e. The summed E-state index contributed by atoms with van der Waals surface area (Å²) in [5, 5.41) is 6.96. The van der Waals surface area contributed by atoms with Crippen LogP contribution < -0.4 is 0 Å². The molecule has 0 aliphatic carbocycles. The summed E-state index contributed by atoms with van der Waals surface area (Å²) < 4.78 is 13.6. The molecule has 4 nitrogen and oxygen atoms in total. The van der Waals surface area contributed by atoms with Crippen LogP contribution in [0.4, 0.5) is 4.39 Å². The summed E-state index contributed by atoms with van der Waals surface area (Å²) in [6.45, 7) is 1.60. The molecule has 1 aliphatic heterocycles. The number of benzene rings is 1. The number of amides is 1. The van der Waals surface area contributed by atoms with E-state index in [1.54, 1.807) is 18.3 Å². The molecule has 5 heteroatoms. The van der Waals surface area contributed by atoms with Gasteiger partial charge in [-0.05, 0) is 49.3 Å². The number of likely N-dealkylation sites (tertiary alicyclic amines) is 1. The standard InChI is InChI=1S/C18H22FN3O/c19-17-6-2-1-5-15(17)7-8-18(23)22-11-3-4-14(13-22)12-16-9-10-20-21-16/h1-2,5-6,9-10,14H,3-4,7-8,11-13H2,(H,20,21)/t14-/m1/s1. The first-order valence-corrected chi connectivity index (χ1v) is 8.22. The van der Waals surface area contributed by atoms with Crippen molar-refractivity contribution in [3.8, 4) is 0 Å². The van der Waals surface area contributed by atoms with E-state index < -0.39 is 0 Å². The van der Waals surface area contributed by atoms with Crippen molar-refractivity contribution in [1.82, 2.24) is 15.1 Å². The number of carbonyl (C=O) groups excluding carboxylic acids is 1. The number of hydrogen-bond acceptors (Lipinski definition) is 2. The van der Waals surface area contributed by atoms with Crippen LogP contribution in [0.25, 0.3) is 0 Å². The summed E-state index contributed by atoms with van der Waals surface area (Å²) >= 11 is 0. The van der Waals surface area contributed by atoms with Crippen LogP contribution in [0.3, 0.4) is 0 Å². The Morgan fingerprint density at radius 3 is 3.00 bits per heavy atom. The number of aromatic nitrogens is 2. The highest BCUT2D eigenvalue weighted by Crippen LogP contribution is 2.21. The van der Waals surface area contributed by atoms with Gasteiger partial charge in [0.15, 0.2) is 0 Å². The highest BCUT2D eigenvalue weighted by atomic mass is 19.1. The van der Waals surface area contributed by atoms with E-state index in [0.717, 1.165) is 38.0 Å². The summed E-state index contributed by atoms with van der Waals surface area (Å²) in [7, 11) is 0. The maximum atomic E-state index is 13.6. The number of nitrogens with zero attached hydrogens (tertiary/aromatic N) is 2. The third kappa shape index (κ3) is 4.18. The second-order valence-electron chi connectivity index (χ2n) is 6.23. The SMILES string of the molecule is O=C(CCc1ccccc1F)N1CCC[C@H](Cc2ccn[nH]2)C1. The van der Waals surface area contributed by atoms with E-state index in [9.17, 15) is 9.18 Å². The number of rotatable bonds is 5. The lowest BCUT2D eigenvalue weighted by molar-refractivity contribution is -0.133. The minimum absolute atomic E-state index is 0.127. The van der Waals surface area contributed by atoms with Gasteiger partial charge >= 0.3 is 0 Å². The van der Waals surface area contributed by atoms with E-state index in [0.29, 0.717) is 24.3 Å². The fourth-order valence-corrected chi connectivity index (χ4v) is 3.27. The van der Waals surface area contributed by atoms with E-state index >= 15 is 0 Å². The van der Waals surface area contributed by atoms with Gasteiger partial charge in [-0.1, -0.05) is 18.2 Å². The summed E-state index contributed by atoms with van der Waals surface area (Å²) in [4.78, 5) is 14.3. The summed E-state index contributed by atoms with van der Waals surface area (Å²) in [6.07, 6.45) is 5.69. The molecule has 0 unspecified atom stereocenters. The zero-order valence-corrected chi connectivity index (χ0v) is 13.2. The third-order valence-corrected chi connectivity index (χ3v) is 4.50. The van der Waals surface area contributed by atoms with Gasteiger partial charge in [0.25, 0.3) is 0 Å². The zero-order valence-electron chi connectivity index (χ0n) is 13.2. The number of hydrogen-bond donors (Lipinski definition) is 1. The molecule has 1 saturated heterocycles. The molecular weight excluding hydrogens is 293 g/mol. The molecule has 1 aliphatic rings. The molecule has 0 radical (unpaired) electrons. The molecule has 1 amide bonds. The van der Waals surface area contributed by atoms with Crippen LogP contribution in [-0.4, -0.2) is 34.1 Å². The Kier molecular flexibility index (Phi) is 5.05. The molecule has 0 saturated carbocycles. The Labute approximate surface area is 135 Å². The van der Waals surface area contributed by atoms with Crippen molar-refractivity contribution in [2.24, 2.45) is 5.92 Å². The van der Waals surface area contributed by atoms with Gasteiger partial charge in [-0.3, -0.25) is 9.89 Å². The maximum absolute atomic E-state index is 13.6. The van der Waals surface area contributed by atoms with Gasteiger partial charge in [-0.15, -0.1) is 0 Å². The van der Waals surface area contributed by atoms with Crippen LogP contribution in [0.5, 0.6) is 0 Å². The van der Waals surface area contributed by atoms with Crippen LogP contribution in [0, 0.1) is 11.7 Å². The Hall–Kier alpha value is -2.17. The number of carbonyl (C=O) groups is 1. The van der Waals surface area contributed by atoms with Crippen LogP contribution >= 0.6 is 0 Å². The molecule has 1 aromatic carbocycles. The van der Waals surface area contributed by atoms with Crippen molar-refractivity contribution < 1.29 is 9.18 Å². The quantitative estimate of drug-likeness (QED) is 0.922. The van der Waals surface area contributed by atoms with Gasteiger partial charge in [-0.25, -0.2) is 4.39 Å². The van der Waals surface area contributed by atoms with Crippen LogP contribution in [0.1, 0.15) is 30.5 Å². The van der Waals surface area contributed by atoms with Crippen LogP contribution in [-0.2, 0) is 17.6 Å². The molecule has 1 aromatic heterocycles. The second-order valence-corrected chi connectivity index (χ2v) is 6.23. The van der Waals surface area contributed by atoms with E-state index in [1.165, 1.54) is 6.07 Å². The number of halogens is 1. The number of aryl methyl sites for hydroxylation is 1. The normalized spacial score (nSPS) is 18.1. The van der Waals surface area contributed by atoms with E-state index in [2.05, 4.69) is 10.2 Å². The highest BCUT2D eigenvalue weighted by molar-refractivity contribution is 5.76. The molecule has 3 rings (SSSR count). The van der Waals surface area contributed by atoms with Crippen molar-refractivity contribution in [3.63, 3.8) is 0 Å². The molecule has 1 fully saturated rings. The average molecular weight is 315 g/mol. The van der Waals surface area contributed by atoms with Crippen molar-refractivity contribution in [1.29, 1.82) is 0 Å². The summed E-state index contributed by atoms with van der Waals surface area (Å²) in [5.74, 6) is 0.375. The molecular formula is C18H22FN3O. The monoisotopic (exact) mass is 315 g/mol. The first-order chi connectivity index (χ1) is 11.2. The van der Waals surface area contributed by atoms with Gasteiger partial charge < -0.3 is 4.90 Å². The summed E-state index contributed by atoms with van der Waals surface area (Å²) in [6, 6.07) is 8.66. The van der Waals surface area contributed by atoms with Crippen LogP contribution in [0.15, 0.2) is 36.5 Å². The molecule has 1 atom stereocenters. The van der Waals surface area contributed by atoms with E-state index in [1.807, 2.05) is 17.0 Å². The van der Waals surface area contributed by atoms with Gasteiger partial charge in [0.1, 0.15) is 5.82 Å². The molecule has 0 bridgehead atoms. The first-order valence-electron chi connectivity index (χ1n) is 8.22. The van der Waals surface area contributed by atoms with Crippen molar-refractivity contribution >= 4 is 5.91 Å². The number of nitrogens with one attached hydrogen (secondary N) is 1. The van der Waals surface area contributed by atoms with Gasteiger partial charge in [-0.2, -0.15) is 5.10 Å². The number of H-pyrrole nitrogens is 1. The van der Waals surface area contributed by atoms with E-state index in [-0.39, 0.29) is 11.7 Å². The predicted octanol–water partition coefficient (Wildman–Crippen LogP) is 2.96. The van der Waals surface area contributed by atoms with Gasteiger partial charge in [0.2, 0.25) is 5.91 Å². The van der Waals surface area contributed by atoms with Gasteiger partial charge in [0, 0.05) is 31.4 Å². The van der Waals surface area contributed by atoms with E-state index in [4.69, 9.17) is 0 Å². The molecule has 1 N–H and O–H groups in total. The first kappa shape index (κ1) is 15.7. The molecule has 0 spiro atoms. The number of piperidine rings is 1. The van der Waals surface area contributed by atoms with Crippen molar-refractivity contribution in [2.45, 2.75) is 32.1 Å². The Bertz CT molecular complexity index is 641. The molecule has 2 heterocycles. The predicted molar refractivity (Wildman–Crippen MR) is 86.3 cm³/mol. The molecule has 23 heavy (non-hydrogen) atoms. The molecule has 2 aromatic rings. The number of aromatic amines is 1. The molecule has 122 valence electrons. The zero-order chi connectivity index (χ0) is 16.1. The minimum atomic E-state index is -0.226. The lowest BCUT2D eigenvalue weighted by atomic mass is 9.93. The fraction of sp³-hybridized carbons (Fsp3) is 0.444. The topological polar surface area (TPSA) is 49.0 Å². The van der Waals surface area contributed by atoms with Crippen LogP contribution in [0.2, 0.25) is 0 Å². The third-order valence-electron chi connectivity index (χ3n) is 4.50. The van der Waals surface area contributed by atoms with Crippen molar-refractivity contribution in [3.05, 3.63) is 53.6 Å². The second kappa shape index (κ2) is 7.40. The lowest BCUT2D eigenvalue weighted by Crippen LogP contribution is -2.40. The Balaban J connectivity index is 1.51. The van der Waals surface area contributed by atoms with Crippen molar-refractivity contribution in [2.75, 3.05) is 13.1 Å². The summed E-state index contributed by atoms with van der Waals surface area (Å²) in [5.41, 5.74) is 1.74. The van der Waals surface area contributed by atoms with Gasteiger partial charge in [0.05, 0.1) is 0 Å². The minimum Gasteiger partial charge on any atom is -0.342 e. The lowest BCUT2D eigenvalue weighted by Gasteiger charge is -2.32. The highest BCUT2D eigenvalue weighted by Gasteiger charge is 2.24.